The second-order valence-corrected chi connectivity index (χ2v) is 5.16. The summed E-state index contributed by atoms with van der Waals surface area (Å²) in [5.41, 5.74) is 4.85. The van der Waals surface area contributed by atoms with Crippen molar-refractivity contribution < 1.29 is 18.5 Å². The second-order valence-electron chi connectivity index (χ2n) is 5.16. The molecule has 1 amide bonds. The van der Waals surface area contributed by atoms with Crippen molar-refractivity contribution in [3.8, 4) is 0 Å². The van der Waals surface area contributed by atoms with Gasteiger partial charge in [0.2, 0.25) is 0 Å². The predicted octanol–water partition coefficient (Wildman–Crippen LogP) is 0.678. The van der Waals surface area contributed by atoms with Crippen LogP contribution in [0.2, 0.25) is 0 Å². The van der Waals surface area contributed by atoms with Crippen molar-refractivity contribution >= 4 is 18.5 Å². The van der Waals surface area contributed by atoms with Gasteiger partial charge >= 0.3 is 7.12 Å². The molecule has 0 radical (unpaired) electrons. The van der Waals surface area contributed by atoms with Crippen LogP contribution in [0.25, 0.3) is 0 Å². The number of carbonyl (C=O) groups is 1. The normalized spacial score (nSPS) is 21.8. The molecule has 92 valence electrons. The molecule has 0 spiro atoms. The van der Waals surface area contributed by atoms with E-state index in [2.05, 4.69) is 0 Å². The molecule has 1 aliphatic heterocycles. The molecule has 0 bridgehead atoms. The fourth-order valence-corrected chi connectivity index (χ4v) is 1.68. The molecule has 1 fully saturated rings. The summed E-state index contributed by atoms with van der Waals surface area (Å²) in [6, 6.07) is 1.64. The highest BCUT2D eigenvalue weighted by atomic mass is 16.7. The number of hydrogen-bond donors (Lipinski definition) is 1. The summed E-state index contributed by atoms with van der Waals surface area (Å²) in [5.74, 6) is -0.539. The van der Waals surface area contributed by atoms with Crippen molar-refractivity contribution in [3.05, 3.63) is 18.1 Å². The van der Waals surface area contributed by atoms with E-state index in [4.69, 9.17) is 19.5 Å². The quantitative estimate of drug-likeness (QED) is 0.767. The number of carbonyl (C=O) groups excluding carboxylic acids is 1. The zero-order valence-electron chi connectivity index (χ0n) is 10.4. The van der Waals surface area contributed by atoms with Gasteiger partial charge in [0.25, 0.3) is 5.91 Å². The van der Waals surface area contributed by atoms with Crippen molar-refractivity contribution in [2.45, 2.75) is 38.9 Å². The summed E-state index contributed by atoms with van der Waals surface area (Å²) in [6.45, 7) is 7.77. The maximum Gasteiger partial charge on any atom is 0.499 e. The minimum Gasteiger partial charge on any atom is -0.460 e. The van der Waals surface area contributed by atoms with Crippen LogP contribution in [-0.4, -0.2) is 24.2 Å². The summed E-state index contributed by atoms with van der Waals surface area (Å²) in [4.78, 5) is 11.2. The number of hydrogen-bond acceptors (Lipinski definition) is 4. The molecule has 1 aromatic rings. The van der Waals surface area contributed by atoms with Crippen LogP contribution in [-0.2, 0) is 9.31 Å². The fraction of sp³-hybridized carbons (Fsp3) is 0.545. The highest BCUT2D eigenvalue weighted by Crippen LogP contribution is 2.36. The molecular weight excluding hydrogens is 221 g/mol. The van der Waals surface area contributed by atoms with E-state index < -0.39 is 24.2 Å². The van der Waals surface area contributed by atoms with Gasteiger partial charge in [-0.3, -0.25) is 4.79 Å². The molecule has 6 heteroatoms. The lowest BCUT2D eigenvalue weighted by atomic mass is 9.79. The van der Waals surface area contributed by atoms with Crippen LogP contribution in [0, 0.1) is 0 Å². The van der Waals surface area contributed by atoms with Gasteiger partial charge < -0.3 is 19.5 Å². The monoisotopic (exact) mass is 237 g/mol. The third kappa shape index (κ3) is 1.87. The topological polar surface area (TPSA) is 74.7 Å². The Hall–Kier alpha value is -1.27. The minimum atomic E-state index is -0.625. The van der Waals surface area contributed by atoms with Crippen molar-refractivity contribution in [2.75, 3.05) is 0 Å². The van der Waals surface area contributed by atoms with Gasteiger partial charge in [-0.2, -0.15) is 0 Å². The van der Waals surface area contributed by atoms with E-state index in [9.17, 15) is 4.79 Å². The second kappa shape index (κ2) is 3.61. The lowest BCUT2D eigenvalue weighted by Gasteiger charge is -2.32. The number of rotatable bonds is 2. The van der Waals surface area contributed by atoms with E-state index in [1.165, 1.54) is 6.26 Å². The van der Waals surface area contributed by atoms with Gasteiger partial charge in [0.15, 0.2) is 5.76 Å². The Kier molecular flexibility index (Phi) is 2.59. The molecule has 0 saturated carbocycles. The smallest absolute Gasteiger partial charge is 0.460 e. The van der Waals surface area contributed by atoms with E-state index in [-0.39, 0.29) is 5.76 Å². The SMILES string of the molecule is CC1(C)OB(c2ccoc2C(N)=O)OC1(C)C. The molecule has 1 saturated heterocycles. The molecule has 0 unspecified atom stereocenters. The zero-order valence-corrected chi connectivity index (χ0v) is 10.4. The first kappa shape index (κ1) is 12.2. The van der Waals surface area contributed by atoms with E-state index >= 15 is 0 Å². The largest absolute Gasteiger partial charge is 0.499 e. The highest BCUT2D eigenvalue weighted by molar-refractivity contribution is 6.63. The average Bonchev–Trinajstić information content (AvgIpc) is 2.69. The molecule has 1 aliphatic rings. The van der Waals surface area contributed by atoms with E-state index in [0.29, 0.717) is 5.46 Å². The fourth-order valence-electron chi connectivity index (χ4n) is 1.68. The van der Waals surface area contributed by atoms with Gasteiger partial charge in [0.1, 0.15) is 0 Å². The van der Waals surface area contributed by atoms with E-state index in [0.717, 1.165) is 0 Å². The van der Waals surface area contributed by atoms with Crippen LogP contribution in [0.1, 0.15) is 38.2 Å². The van der Waals surface area contributed by atoms with Gasteiger partial charge in [0.05, 0.1) is 17.5 Å². The summed E-state index contributed by atoms with van der Waals surface area (Å²) < 4.78 is 16.7. The highest BCUT2D eigenvalue weighted by Gasteiger charge is 2.53. The Bertz CT molecular complexity index is 436. The van der Waals surface area contributed by atoms with Gasteiger partial charge in [-0.25, -0.2) is 0 Å². The lowest BCUT2D eigenvalue weighted by Crippen LogP contribution is -2.41. The van der Waals surface area contributed by atoms with Crippen molar-refractivity contribution in [1.29, 1.82) is 0 Å². The first-order valence-corrected chi connectivity index (χ1v) is 5.47. The molecule has 0 aromatic carbocycles. The zero-order chi connectivity index (χ0) is 12.8. The maximum absolute atomic E-state index is 11.2. The Morgan fingerprint density at radius 3 is 2.24 bits per heavy atom. The Morgan fingerprint density at radius 1 is 1.24 bits per heavy atom. The maximum atomic E-state index is 11.2. The number of nitrogens with two attached hydrogens (primary N) is 1. The third-order valence-electron chi connectivity index (χ3n) is 3.43. The lowest BCUT2D eigenvalue weighted by molar-refractivity contribution is 0.00578. The number of amides is 1. The van der Waals surface area contributed by atoms with Crippen molar-refractivity contribution in [2.24, 2.45) is 5.73 Å². The molecule has 0 aliphatic carbocycles. The van der Waals surface area contributed by atoms with E-state index in [1.54, 1.807) is 6.07 Å². The number of primary amides is 1. The molecule has 0 atom stereocenters. The molecule has 1 aromatic heterocycles. The summed E-state index contributed by atoms with van der Waals surface area (Å²) in [7, 11) is -0.624. The Balaban J connectivity index is 2.32. The van der Waals surface area contributed by atoms with E-state index in [1.807, 2.05) is 27.7 Å². The van der Waals surface area contributed by atoms with Gasteiger partial charge in [0, 0.05) is 5.46 Å². The molecule has 2 rings (SSSR count). The molecular formula is C11H16BNO4. The van der Waals surface area contributed by atoms with Crippen LogP contribution < -0.4 is 11.2 Å². The predicted molar refractivity (Wildman–Crippen MR) is 62.9 cm³/mol. The van der Waals surface area contributed by atoms with Crippen LogP contribution in [0.3, 0.4) is 0 Å². The Morgan fingerprint density at radius 2 is 1.76 bits per heavy atom. The summed E-state index contributed by atoms with van der Waals surface area (Å²) in [6.07, 6.45) is 1.40. The first-order valence-electron chi connectivity index (χ1n) is 5.47. The average molecular weight is 237 g/mol. The number of furan rings is 1. The summed E-state index contributed by atoms with van der Waals surface area (Å²) in [5, 5.41) is 0. The molecule has 5 nitrogen and oxygen atoms in total. The molecule has 2 N–H and O–H groups in total. The molecule has 17 heavy (non-hydrogen) atoms. The van der Waals surface area contributed by atoms with Crippen molar-refractivity contribution in [1.82, 2.24) is 0 Å². The standard InChI is InChI=1S/C11H16BNO4/c1-10(2)11(3,4)17-12(16-10)7-5-6-15-8(7)9(13)14/h5-6H,1-4H3,(H2,13,14). The van der Waals surface area contributed by atoms with Gasteiger partial charge in [-0.05, 0) is 33.8 Å². The Labute approximate surface area is 100 Å². The van der Waals surface area contributed by atoms with Gasteiger partial charge in [-0.1, -0.05) is 0 Å². The van der Waals surface area contributed by atoms with Gasteiger partial charge in [-0.15, -0.1) is 0 Å². The molecule has 2 heterocycles. The first-order chi connectivity index (χ1) is 7.74. The third-order valence-corrected chi connectivity index (χ3v) is 3.43. The van der Waals surface area contributed by atoms with Crippen molar-refractivity contribution in [3.63, 3.8) is 0 Å². The summed E-state index contributed by atoms with van der Waals surface area (Å²) >= 11 is 0. The van der Waals surface area contributed by atoms with Crippen LogP contribution in [0.4, 0.5) is 0 Å². The van der Waals surface area contributed by atoms with Crippen LogP contribution in [0.15, 0.2) is 16.7 Å². The van der Waals surface area contributed by atoms with Crippen LogP contribution in [0.5, 0.6) is 0 Å². The minimum absolute atomic E-state index is 0.0866. The van der Waals surface area contributed by atoms with Crippen LogP contribution >= 0.6 is 0 Å².